The van der Waals surface area contributed by atoms with E-state index in [9.17, 15) is 0 Å². The van der Waals surface area contributed by atoms with Crippen LogP contribution in [-0.2, 0) is 0 Å². The van der Waals surface area contributed by atoms with Gasteiger partial charge in [0.15, 0.2) is 0 Å². The van der Waals surface area contributed by atoms with Crippen LogP contribution in [0.1, 0.15) is 11.1 Å². The van der Waals surface area contributed by atoms with Crippen LogP contribution in [0.3, 0.4) is 0 Å². The molecule has 5 nitrogen and oxygen atoms in total. The van der Waals surface area contributed by atoms with E-state index in [1.54, 1.807) is 6.21 Å². The SMILES string of the molecule is Clc1ccccc1/C=N/N=C(\c1ccccc1)C12CN3CN(CN(C3)C1)C2. The average Bonchev–Trinajstić information content (AvgIpc) is 2.66. The zero-order valence-corrected chi connectivity index (χ0v) is 15.9. The van der Waals surface area contributed by atoms with Gasteiger partial charge in [-0.1, -0.05) is 60.1 Å². The number of hydrogen-bond donors (Lipinski definition) is 0. The second-order valence-electron chi connectivity index (χ2n) is 7.77. The Bertz CT molecular complexity index is 857. The third kappa shape index (κ3) is 3.21. The van der Waals surface area contributed by atoms with E-state index in [2.05, 4.69) is 44.1 Å². The average molecular weight is 380 g/mol. The summed E-state index contributed by atoms with van der Waals surface area (Å²) in [5.41, 5.74) is 3.11. The van der Waals surface area contributed by atoms with E-state index in [4.69, 9.17) is 16.7 Å². The van der Waals surface area contributed by atoms with Crippen LogP contribution in [0.4, 0.5) is 0 Å². The Hall–Kier alpha value is -2.05. The summed E-state index contributed by atoms with van der Waals surface area (Å²) >= 11 is 6.25. The lowest BCUT2D eigenvalue weighted by molar-refractivity contribution is -0.149. The molecule has 138 valence electrons. The summed E-state index contributed by atoms with van der Waals surface area (Å²) in [6.45, 7) is 6.29. The number of nitrogens with zero attached hydrogens (tertiary/aromatic N) is 5. The van der Waals surface area contributed by atoms with Crippen molar-refractivity contribution in [3.8, 4) is 0 Å². The van der Waals surface area contributed by atoms with Crippen LogP contribution in [0.15, 0.2) is 64.8 Å². The van der Waals surface area contributed by atoms with Crippen molar-refractivity contribution in [3.63, 3.8) is 0 Å². The number of hydrogen-bond acceptors (Lipinski definition) is 5. The molecular weight excluding hydrogens is 358 g/mol. The summed E-state index contributed by atoms with van der Waals surface area (Å²) in [4.78, 5) is 7.52. The van der Waals surface area contributed by atoms with Gasteiger partial charge < -0.3 is 0 Å². The van der Waals surface area contributed by atoms with Crippen LogP contribution in [0.2, 0.25) is 5.02 Å². The Balaban J connectivity index is 1.53. The maximum absolute atomic E-state index is 6.25. The maximum Gasteiger partial charge on any atom is 0.0802 e. The van der Waals surface area contributed by atoms with Gasteiger partial charge in [-0.3, -0.25) is 14.7 Å². The molecule has 0 aromatic heterocycles. The van der Waals surface area contributed by atoms with Gasteiger partial charge in [-0.05, 0) is 11.6 Å². The van der Waals surface area contributed by atoms with E-state index in [-0.39, 0.29) is 5.41 Å². The van der Waals surface area contributed by atoms with Crippen LogP contribution in [-0.4, -0.2) is 66.3 Å². The molecule has 27 heavy (non-hydrogen) atoms. The van der Waals surface area contributed by atoms with E-state index in [0.717, 1.165) is 56.5 Å². The van der Waals surface area contributed by atoms with E-state index < -0.39 is 0 Å². The molecule has 2 aromatic rings. The molecule has 2 aromatic carbocycles. The Labute approximate surface area is 164 Å². The quantitative estimate of drug-likeness (QED) is 0.605. The molecule has 0 amide bonds. The second-order valence-corrected chi connectivity index (χ2v) is 8.18. The van der Waals surface area contributed by atoms with E-state index in [1.165, 1.54) is 0 Å². The van der Waals surface area contributed by atoms with Gasteiger partial charge in [-0.25, -0.2) is 0 Å². The molecule has 6 heteroatoms. The molecule has 0 aliphatic carbocycles. The standard InChI is InChI=1S/C21H22ClN5/c22-19-9-5-4-8-18(19)10-23-24-20(17-6-2-1-3-7-17)21-11-25-14-26(12-21)16-27(13-21)15-25/h1-10H,11-16H2/b23-10+,24-20+. The lowest BCUT2D eigenvalue weighted by Crippen LogP contribution is -2.74. The van der Waals surface area contributed by atoms with Crippen molar-refractivity contribution < 1.29 is 0 Å². The molecule has 0 spiro atoms. The molecule has 0 saturated carbocycles. The molecular formula is C21H22ClN5. The predicted molar refractivity (Wildman–Crippen MR) is 109 cm³/mol. The van der Waals surface area contributed by atoms with Gasteiger partial charge in [0.1, 0.15) is 0 Å². The van der Waals surface area contributed by atoms with Crippen LogP contribution in [0, 0.1) is 5.41 Å². The minimum atomic E-state index is -0.00603. The molecule has 4 fully saturated rings. The summed E-state index contributed by atoms with van der Waals surface area (Å²) in [5.74, 6) is 0. The molecule has 4 bridgehead atoms. The molecule has 0 atom stereocenters. The summed E-state index contributed by atoms with van der Waals surface area (Å²) in [7, 11) is 0. The number of rotatable bonds is 4. The predicted octanol–water partition coefficient (Wildman–Crippen LogP) is 2.97. The molecule has 4 aliphatic rings. The van der Waals surface area contributed by atoms with Gasteiger partial charge in [0, 0.05) is 30.2 Å². The lowest BCUT2D eigenvalue weighted by Gasteiger charge is -2.60. The van der Waals surface area contributed by atoms with Gasteiger partial charge in [-0.2, -0.15) is 10.2 Å². The van der Waals surface area contributed by atoms with Crippen LogP contribution in [0.5, 0.6) is 0 Å². The molecule has 0 N–H and O–H groups in total. The number of benzene rings is 2. The van der Waals surface area contributed by atoms with Gasteiger partial charge in [0.25, 0.3) is 0 Å². The van der Waals surface area contributed by atoms with Crippen molar-refractivity contribution in [1.29, 1.82) is 0 Å². The fourth-order valence-corrected chi connectivity index (χ4v) is 4.92. The van der Waals surface area contributed by atoms with Crippen molar-refractivity contribution >= 4 is 23.5 Å². The Morgan fingerprint density at radius 1 is 0.852 bits per heavy atom. The van der Waals surface area contributed by atoms with Crippen molar-refractivity contribution in [1.82, 2.24) is 14.7 Å². The topological polar surface area (TPSA) is 34.4 Å². The first-order chi connectivity index (χ1) is 13.2. The van der Waals surface area contributed by atoms with Crippen molar-refractivity contribution in [3.05, 3.63) is 70.7 Å². The van der Waals surface area contributed by atoms with Crippen molar-refractivity contribution in [2.75, 3.05) is 39.6 Å². The zero-order chi connectivity index (χ0) is 18.3. The van der Waals surface area contributed by atoms with Crippen molar-refractivity contribution in [2.24, 2.45) is 15.6 Å². The summed E-state index contributed by atoms with van der Waals surface area (Å²) in [5, 5.41) is 9.92. The van der Waals surface area contributed by atoms with Gasteiger partial charge in [0.2, 0.25) is 0 Å². The third-order valence-electron chi connectivity index (χ3n) is 5.59. The third-order valence-corrected chi connectivity index (χ3v) is 5.93. The van der Waals surface area contributed by atoms with E-state index in [1.807, 2.05) is 30.3 Å². The van der Waals surface area contributed by atoms with Crippen molar-refractivity contribution in [2.45, 2.75) is 0 Å². The van der Waals surface area contributed by atoms with E-state index in [0.29, 0.717) is 5.02 Å². The highest BCUT2D eigenvalue weighted by atomic mass is 35.5. The molecule has 0 radical (unpaired) electrons. The zero-order valence-electron chi connectivity index (χ0n) is 15.1. The summed E-state index contributed by atoms with van der Waals surface area (Å²) < 4.78 is 0. The smallest absolute Gasteiger partial charge is 0.0802 e. The molecule has 4 heterocycles. The highest BCUT2D eigenvalue weighted by Crippen LogP contribution is 2.38. The molecule has 6 rings (SSSR count). The first kappa shape index (κ1) is 17.1. The summed E-state index contributed by atoms with van der Waals surface area (Å²) in [6, 6.07) is 18.2. The highest BCUT2D eigenvalue weighted by molar-refractivity contribution is 6.33. The first-order valence-corrected chi connectivity index (χ1v) is 9.68. The maximum atomic E-state index is 6.25. The number of halogens is 1. The molecule has 4 aliphatic heterocycles. The van der Waals surface area contributed by atoms with Crippen LogP contribution < -0.4 is 0 Å². The Morgan fingerprint density at radius 2 is 1.44 bits per heavy atom. The lowest BCUT2D eigenvalue weighted by atomic mass is 9.74. The summed E-state index contributed by atoms with van der Waals surface area (Å²) in [6.07, 6.45) is 1.76. The second kappa shape index (κ2) is 6.84. The first-order valence-electron chi connectivity index (χ1n) is 9.30. The van der Waals surface area contributed by atoms with Gasteiger partial charge in [-0.15, -0.1) is 0 Å². The van der Waals surface area contributed by atoms with Gasteiger partial charge in [0.05, 0.1) is 37.3 Å². The molecule has 4 saturated heterocycles. The fraction of sp³-hybridized carbons (Fsp3) is 0.333. The fourth-order valence-electron chi connectivity index (χ4n) is 4.74. The normalized spacial score (nSPS) is 32.3. The van der Waals surface area contributed by atoms with E-state index >= 15 is 0 Å². The molecule has 0 unspecified atom stereocenters. The van der Waals surface area contributed by atoms with Crippen LogP contribution in [0.25, 0.3) is 0 Å². The minimum absolute atomic E-state index is 0.00603. The largest absolute Gasteiger partial charge is 0.276 e. The van der Waals surface area contributed by atoms with Gasteiger partial charge >= 0.3 is 0 Å². The Morgan fingerprint density at radius 3 is 2.07 bits per heavy atom. The Kier molecular flexibility index (Phi) is 4.32. The minimum Gasteiger partial charge on any atom is -0.276 e. The highest BCUT2D eigenvalue weighted by Gasteiger charge is 2.51. The monoisotopic (exact) mass is 379 g/mol. The van der Waals surface area contributed by atoms with Crippen LogP contribution >= 0.6 is 11.6 Å².